The first-order valence-electron chi connectivity index (χ1n) is 4.25. The van der Waals surface area contributed by atoms with Crippen molar-refractivity contribution in [3.8, 4) is 10.1 Å². The summed E-state index contributed by atoms with van der Waals surface area (Å²) in [6.07, 6.45) is 1.18. The van der Waals surface area contributed by atoms with Crippen molar-refractivity contribution in [3.05, 3.63) is 34.4 Å². The van der Waals surface area contributed by atoms with Crippen LogP contribution in [0, 0.1) is 17.4 Å². The van der Waals surface area contributed by atoms with Crippen LogP contribution in [0.25, 0.3) is 10.1 Å². The van der Waals surface area contributed by atoms with Crippen LogP contribution in [0.3, 0.4) is 0 Å². The number of aromatic nitrogens is 1. The number of aryl methyl sites for hydroxylation is 1. The molecule has 2 aromatic rings. The van der Waals surface area contributed by atoms with Gasteiger partial charge < -0.3 is 0 Å². The number of nitrogens with zero attached hydrogens (tertiary/aromatic N) is 1. The molecule has 1 aromatic heterocycles. The third kappa shape index (κ3) is 1.94. The molecule has 0 saturated heterocycles. The van der Waals surface area contributed by atoms with E-state index in [2.05, 4.69) is 4.98 Å². The summed E-state index contributed by atoms with van der Waals surface area (Å²) in [5, 5.41) is 0. The zero-order valence-corrected chi connectivity index (χ0v) is 9.63. The Labute approximate surface area is 91.5 Å². The Morgan fingerprint density at radius 2 is 2.07 bits per heavy atom. The molecule has 0 spiro atoms. The summed E-state index contributed by atoms with van der Waals surface area (Å²) in [5.41, 5.74) is 6.88. The molecule has 0 aliphatic carbocycles. The summed E-state index contributed by atoms with van der Waals surface area (Å²) >= 11 is -0.436. The van der Waals surface area contributed by atoms with Crippen LogP contribution in [-0.2, 0) is 0 Å². The Balaban J connectivity index is 2.55. The third-order valence-corrected chi connectivity index (χ3v) is 3.81. The first-order chi connectivity index (χ1) is 7.08. The standard InChI is InChI=1S/C10H8F2N2Se/c1-5-2-6(3-7(11)9(5)13)10-14-4-8(12)15-10/h2-4H,13H2,1H3. The first-order valence-corrected chi connectivity index (χ1v) is 5.96. The van der Waals surface area contributed by atoms with Crippen molar-refractivity contribution in [3.63, 3.8) is 0 Å². The molecule has 0 amide bonds. The van der Waals surface area contributed by atoms with Gasteiger partial charge in [-0.15, -0.1) is 0 Å². The SMILES string of the molecule is Cc1cc(-c2ncc(F)[se]2)cc(F)c1N. The monoisotopic (exact) mass is 274 g/mol. The van der Waals surface area contributed by atoms with Crippen LogP contribution in [0.2, 0.25) is 0 Å². The van der Waals surface area contributed by atoms with E-state index in [4.69, 9.17) is 5.73 Å². The second-order valence-corrected chi connectivity index (χ2v) is 5.22. The van der Waals surface area contributed by atoms with Gasteiger partial charge in [0.05, 0.1) is 0 Å². The number of nitrogen functional groups attached to an aromatic ring is 1. The van der Waals surface area contributed by atoms with Gasteiger partial charge >= 0.3 is 91.1 Å². The minimum absolute atomic E-state index is 0.137. The summed E-state index contributed by atoms with van der Waals surface area (Å²) in [7, 11) is 0. The maximum absolute atomic E-state index is 13.3. The minimum atomic E-state index is -0.476. The summed E-state index contributed by atoms with van der Waals surface area (Å²) in [6.45, 7) is 1.72. The summed E-state index contributed by atoms with van der Waals surface area (Å²) in [5.74, 6) is -0.476. The van der Waals surface area contributed by atoms with Gasteiger partial charge in [-0.1, -0.05) is 0 Å². The average Bonchev–Trinajstić information content (AvgIpc) is 2.60. The van der Waals surface area contributed by atoms with Crippen LogP contribution < -0.4 is 5.73 Å². The summed E-state index contributed by atoms with van der Waals surface area (Å²) < 4.78 is 26.5. The number of nitrogens with two attached hydrogens (primary N) is 1. The molecule has 2 rings (SSSR count). The number of rotatable bonds is 1. The second kappa shape index (κ2) is 3.76. The molecule has 0 aliphatic heterocycles. The molecule has 2 nitrogen and oxygen atoms in total. The molecule has 78 valence electrons. The van der Waals surface area contributed by atoms with E-state index in [1.165, 1.54) is 12.3 Å². The predicted octanol–water partition coefficient (Wildman–Crippen LogP) is 1.97. The molecule has 0 radical (unpaired) electrons. The molecule has 1 aromatic carbocycles. The molecule has 0 aliphatic rings. The van der Waals surface area contributed by atoms with E-state index < -0.39 is 20.3 Å². The predicted molar refractivity (Wildman–Crippen MR) is 55.7 cm³/mol. The molecule has 0 bridgehead atoms. The number of hydrogen-bond acceptors (Lipinski definition) is 2. The number of halogens is 2. The fourth-order valence-corrected chi connectivity index (χ4v) is 2.59. The molecule has 0 fully saturated rings. The Kier molecular flexibility index (Phi) is 2.59. The van der Waals surface area contributed by atoms with E-state index in [0.717, 1.165) is 0 Å². The van der Waals surface area contributed by atoms with Crippen molar-refractivity contribution < 1.29 is 8.78 Å². The molecule has 15 heavy (non-hydrogen) atoms. The first kappa shape index (κ1) is 10.3. The molecule has 2 N–H and O–H groups in total. The normalized spacial score (nSPS) is 10.6. The van der Waals surface area contributed by atoms with E-state index in [1.807, 2.05) is 0 Å². The fraction of sp³-hybridized carbons (Fsp3) is 0.100. The molecule has 1 heterocycles. The third-order valence-electron chi connectivity index (χ3n) is 2.06. The van der Waals surface area contributed by atoms with Crippen LogP contribution in [0.5, 0.6) is 0 Å². The van der Waals surface area contributed by atoms with Gasteiger partial charge in [0.1, 0.15) is 0 Å². The topological polar surface area (TPSA) is 38.9 Å². The van der Waals surface area contributed by atoms with Crippen molar-refractivity contribution in [1.82, 2.24) is 4.98 Å². The van der Waals surface area contributed by atoms with Crippen molar-refractivity contribution >= 4 is 20.2 Å². The number of hydrogen-bond donors (Lipinski definition) is 1. The van der Waals surface area contributed by atoms with Gasteiger partial charge in [0, 0.05) is 0 Å². The van der Waals surface area contributed by atoms with E-state index in [1.54, 1.807) is 13.0 Å². The van der Waals surface area contributed by atoms with E-state index in [-0.39, 0.29) is 10.4 Å². The van der Waals surface area contributed by atoms with Gasteiger partial charge in [0.25, 0.3) is 0 Å². The van der Waals surface area contributed by atoms with Gasteiger partial charge in [0.15, 0.2) is 0 Å². The van der Waals surface area contributed by atoms with E-state index >= 15 is 0 Å². The molecule has 5 heteroatoms. The molecule has 0 unspecified atom stereocenters. The maximum atomic E-state index is 13.3. The van der Waals surface area contributed by atoms with Gasteiger partial charge in [-0.25, -0.2) is 0 Å². The number of benzene rings is 1. The zero-order chi connectivity index (χ0) is 11.0. The Bertz CT molecular complexity index is 485. The Hall–Kier alpha value is -1.19. The molecular weight excluding hydrogens is 265 g/mol. The van der Waals surface area contributed by atoms with Crippen molar-refractivity contribution in [1.29, 1.82) is 0 Å². The van der Waals surface area contributed by atoms with Crippen LogP contribution in [-0.4, -0.2) is 19.5 Å². The van der Waals surface area contributed by atoms with Gasteiger partial charge in [-0.3, -0.25) is 0 Å². The number of anilines is 1. The van der Waals surface area contributed by atoms with Crippen molar-refractivity contribution in [2.75, 3.05) is 5.73 Å². The second-order valence-electron chi connectivity index (χ2n) is 3.16. The molecular formula is C10H8F2N2Se. The van der Waals surface area contributed by atoms with Gasteiger partial charge in [0.2, 0.25) is 0 Å². The quantitative estimate of drug-likeness (QED) is 0.637. The van der Waals surface area contributed by atoms with Crippen LogP contribution in [0.1, 0.15) is 5.56 Å². The average molecular weight is 273 g/mol. The van der Waals surface area contributed by atoms with Crippen LogP contribution >= 0.6 is 0 Å². The van der Waals surface area contributed by atoms with Gasteiger partial charge in [-0.05, 0) is 0 Å². The summed E-state index contributed by atoms with van der Waals surface area (Å²) in [6, 6.07) is 3.03. The van der Waals surface area contributed by atoms with Crippen molar-refractivity contribution in [2.24, 2.45) is 0 Å². The summed E-state index contributed by atoms with van der Waals surface area (Å²) in [4.78, 5) is 3.90. The molecule has 0 saturated carbocycles. The van der Waals surface area contributed by atoms with Crippen molar-refractivity contribution in [2.45, 2.75) is 6.92 Å². The molecule has 0 atom stereocenters. The Morgan fingerprint density at radius 3 is 2.60 bits per heavy atom. The fourth-order valence-electron chi connectivity index (χ4n) is 1.27. The van der Waals surface area contributed by atoms with Crippen LogP contribution in [0.4, 0.5) is 14.5 Å². The van der Waals surface area contributed by atoms with Crippen LogP contribution in [0.15, 0.2) is 18.3 Å². The zero-order valence-electron chi connectivity index (χ0n) is 7.92. The van der Waals surface area contributed by atoms with E-state index in [0.29, 0.717) is 15.7 Å². The van der Waals surface area contributed by atoms with Gasteiger partial charge in [-0.2, -0.15) is 0 Å². The Morgan fingerprint density at radius 1 is 1.33 bits per heavy atom. The van der Waals surface area contributed by atoms with E-state index in [9.17, 15) is 8.78 Å².